The van der Waals surface area contributed by atoms with Crippen molar-refractivity contribution in [1.29, 1.82) is 0 Å². The van der Waals surface area contributed by atoms with Crippen LogP contribution in [0.2, 0.25) is 5.02 Å². The largest absolute Gasteiger partial charge is 0.522 e. The van der Waals surface area contributed by atoms with E-state index in [0.717, 1.165) is 95.9 Å². The Kier molecular flexibility index (Phi) is 19.2. The maximum Gasteiger partial charge on any atom is 0.522 e. The van der Waals surface area contributed by atoms with Crippen LogP contribution in [-0.2, 0) is 58.6 Å². The Bertz CT molecular complexity index is 4070. The van der Waals surface area contributed by atoms with Crippen LogP contribution >= 0.6 is 45.6 Å². The Morgan fingerprint density at radius 2 is 1.33 bits per heavy atom. The summed E-state index contributed by atoms with van der Waals surface area (Å²) in [6, 6.07) is 9.36. The molecule has 7 aromatic heterocycles. The van der Waals surface area contributed by atoms with Crippen LogP contribution in [0.15, 0.2) is 62.3 Å². The number of carbonyl (C=O) groups is 2. The number of likely N-dealkylation sites (tertiary alicyclic amines) is 1. The molecule has 4 aliphatic rings. The molecule has 2 aliphatic heterocycles. The van der Waals surface area contributed by atoms with Gasteiger partial charge in [-0.2, -0.15) is 0 Å². The average Bonchev–Trinajstić information content (AvgIpc) is 1.95. The number of pyridine rings is 2. The molecule has 1 aromatic carbocycles. The fraction of sp³-hybridized carbons (Fsp3) is 0.476. The molecule has 0 bridgehead atoms. The Hall–Kier alpha value is -6.55. The van der Waals surface area contributed by atoms with Gasteiger partial charge in [0.05, 0.1) is 92.6 Å². The van der Waals surface area contributed by atoms with Gasteiger partial charge in [-0.05, 0) is 136 Å². The van der Waals surface area contributed by atoms with Crippen molar-refractivity contribution in [3.63, 3.8) is 0 Å². The smallest absolute Gasteiger partial charge is 0.491 e. The van der Waals surface area contributed by atoms with Gasteiger partial charge in [-0.15, -0.1) is 47.2 Å². The van der Waals surface area contributed by atoms with E-state index in [1.54, 1.807) is 63.3 Å². The van der Waals surface area contributed by atoms with Crippen LogP contribution in [0.4, 0.5) is 13.2 Å². The summed E-state index contributed by atoms with van der Waals surface area (Å²) in [6.07, 6.45) is 3.09. The number of aryl methyl sites for hydroxylation is 6. The van der Waals surface area contributed by atoms with Crippen molar-refractivity contribution < 1.29 is 51.9 Å². The molecule has 2 saturated heterocycles. The fourth-order valence-electron chi connectivity index (χ4n) is 12.9. The first-order valence-electron chi connectivity index (χ1n) is 29.7. The van der Waals surface area contributed by atoms with Gasteiger partial charge in [0.25, 0.3) is 11.1 Å². The number of nitrogens with zero attached hydrogens (tertiary/aromatic N) is 9. The summed E-state index contributed by atoms with van der Waals surface area (Å²) in [4.78, 5) is 78.8. The van der Waals surface area contributed by atoms with E-state index in [1.165, 1.54) is 27.7 Å². The van der Waals surface area contributed by atoms with Gasteiger partial charge in [-0.3, -0.25) is 43.2 Å². The summed E-state index contributed by atoms with van der Waals surface area (Å²) in [7, 11) is 0. The summed E-state index contributed by atoms with van der Waals surface area (Å²) in [5.74, 6) is 0.303. The third-order valence-corrected chi connectivity index (χ3v) is 20.5. The highest BCUT2D eigenvalue weighted by atomic mass is 35.5. The third kappa shape index (κ3) is 14.2. The number of ether oxygens (including phenoxy) is 4. The monoisotopic (exact) mass is 1300 g/mol. The number of fused-ring (bicyclic) bond motifs is 4. The van der Waals surface area contributed by atoms with E-state index in [1.807, 2.05) is 46.0 Å². The second-order valence-corrected chi connectivity index (χ2v) is 26.7. The highest BCUT2D eigenvalue weighted by Gasteiger charge is 2.37. The molecule has 1 unspecified atom stereocenters. The quantitative estimate of drug-likeness (QED) is 0.0864. The molecule has 19 nitrogen and oxygen atoms in total. The molecule has 8 aromatic rings. The summed E-state index contributed by atoms with van der Waals surface area (Å²) in [5.41, 5.74) is 7.26. The molecule has 9 heterocycles. The first kappa shape index (κ1) is 64.0. The zero-order valence-corrected chi connectivity index (χ0v) is 53.4. The molecular formula is C63H69ClF3N9O10S3. The number of aromatic nitrogens is 7. The van der Waals surface area contributed by atoms with Crippen LogP contribution in [0.5, 0.6) is 5.75 Å². The van der Waals surface area contributed by atoms with Gasteiger partial charge in [-0.1, -0.05) is 11.6 Å². The Balaban J connectivity index is 0.000000185. The van der Waals surface area contributed by atoms with E-state index in [0.29, 0.717) is 93.6 Å². The van der Waals surface area contributed by atoms with Gasteiger partial charge in [0.1, 0.15) is 24.0 Å². The van der Waals surface area contributed by atoms with E-state index >= 15 is 0 Å². The normalized spacial score (nSPS) is 18.6. The summed E-state index contributed by atoms with van der Waals surface area (Å²) >= 11 is 10.8. The van der Waals surface area contributed by atoms with Gasteiger partial charge in [0.2, 0.25) is 0 Å². The van der Waals surface area contributed by atoms with E-state index in [4.69, 9.17) is 35.8 Å². The zero-order chi connectivity index (χ0) is 63.1. The van der Waals surface area contributed by atoms with E-state index in [9.17, 15) is 42.6 Å². The lowest BCUT2D eigenvalue weighted by atomic mass is 9.88. The molecule has 3 atom stereocenters. The van der Waals surface area contributed by atoms with Crippen molar-refractivity contribution >= 4 is 78.0 Å². The molecule has 89 heavy (non-hydrogen) atoms. The van der Waals surface area contributed by atoms with Crippen molar-refractivity contribution in [3.05, 3.63) is 146 Å². The highest BCUT2D eigenvalue weighted by molar-refractivity contribution is 7.18. The fourth-order valence-corrected chi connectivity index (χ4v) is 16.0. The molecule has 26 heteroatoms. The standard InChI is InChI=1S/C32H32ClF3N4O6S.C31H37N5O4S2/c1-17-11-23(29-28(37-17)25(16-47-29)31(42)43)22-12-19(33)3-6-27(22)45-10-8-40-18(2)38-26-5-4-20(13-24(26)30(40)41)39-7-9-44-21(14-39)15-46-32(34,35)36;1-18-15-24(27-26(33-18)23(17-42-27)30(38)39)31(3,4)40-13-12-36-19(2)34-25-6-5-21(16-22(25)29(36)37)35-10-7-20(8-11-35)28-32-9-14-41-28/h3,6,11-12,16,20-21H,4-5,7-10,13-15H2,1-2H3,(H,42,43);9,14-15,17,20-21H,5-8,10-13,16H2,1-4H3,(H,38,39)/t20?,21-;21-/m10/s1. The van der Waals surface area contributed by atoms with Crippen LogP contribution in [-0.4, -0.2) is 143 Å². The number of aromatic carboxylic acids is 2. The van der Waals surface area contributed by atoms with Crippen molar-refractivity contribution in [2.75, 3.05) is 52.6 Å². The predicted molar refractivity (Wildman–Crippen MR) is 335 cm³/mol. The van der Waals surface area contributed by atoms with Crippen LogP contribution in [0.3, 0.4) is 0 Å². The minimum Gasteiger partial charge on any atom is -0.491 e. The van der Waals surface area contributed by atoms with Gasteiger partial charge in [0.15, 0.2) is 0 Å². The minimum atomic E-state index is -4.72. The van der Waals surface area contributed by atoms with Crippen LogP contribution in [0.1, 0.15) is 122 Å². The number of thiazole rings is 1. The average molecular weight is 1300 g/mol. The van der Waals surface area contributed by atoms with E-state index in [2.05, 4.69) is 34.9 Å². The van der Waals surface area contributed by atoms with Gasteiger partial charge in [-0.25, -0.2) is 24.5 Å². The topological polar surface area (TPSA) is 226 Å². The molecule has 0 radical (unpaired) electrons. The van der Waals surface area contributed by atoms with Crippen molar-refractivity contribution in [2.45, 2.75) is 142 Å². The molecule has 2 aliphatic carbocycles. The Morgan fingerprint density at radius 1 is 0.730 bits per heavy atom. The number of morpholine rings is 1. The van der Waals surface area contributed by atoms with Crippen LogP contribution in [0.25, 0.3) is 31.6 Å². The molecule has 2 N–H and O–H groups in total. The number of thiophene rings is 2. The maximum atomic E-state index is 13.8. The maximum absolute atomic E-state index is 13.8. The number of rotatable bonds is 17. The summed E-state index contributed by atoms with van der Waals surface area (Å²) < 4.78 is 64.7. The SMILES string of the molecule is Cc1cc(-c2cc(Cl)ccc2OCCn2c(C)nc3c(c2=O)CC(N2CCO[C@@H](COC(F)(F)F)C2)CC3)c2scc(C(=O)O)c2n1.Cc1cc(C(C)(C)OCCn2c(C)nc3c(c2=O)C[C@@H](N2CCC(c4nccs4)CC2)CC3)c2scc(C(=O)O)c2n1. The minimum absolute atomic E-state index is 0.0298. The van der Waals surface area contributed by atoms with E-state index in [-0.39, 0.29) is 54.6 Å². The number of alkyl halides is 3. The number of carboxylic acid groups (broad SMARTS) is 2. The second kappa shape index (κ2) is 26.7. The summed E-state index contributed by atoms with van der Waals surface area (Å²) in [6.45, 7) is 15.0. The Labute approximate surface area is 528 Å². The number of hydrogen-bond donors (Lipinski definition) is 2. The Morgan fingerprint density at radius 3 is 1.93 bits per heavy atom. The van der Waals surface area contributed by atoms with Crippen molar-refractivity contribution in [1.82, 2.24) is 43.9 Å². The first-order valence-corrected chi connectivity index (χ1v) is 32.7. The zero-order valence-electron chi connectivity index (χ0n) is 50.2. The molecule has 2 fully saturated rings. The van der Waals surface area contributed by atoms with Crippen molar-refractivity contribution in [2.24, 2.45) is 0 Å². The van der Waals surface area contributed by atoms with E-state index < -0.39 is 36.6 Å². The number of benzene rings is 1. The molecule has 12 rings (SSSR count). The first-order chi connectivity index (χ1) is 42.5. The lowest BCUT2D eigenvalue weighted by Gasteiger charge is -2.40. The van der Waals surface area contributed by atoms with Gasteiger partial charge in [0, 0.05) is 97.7 Å². The highest BCUT2D eigenvalue weighted by Crippen LogP contribution is 2.41. The molecule has 0 amide bonds. The third-order valence-electron chi connectivity index (χ3n) is 17.3. The lowest BCUT2D eigenvalue weighted by Crippen LogP contribution is -2.51. The summed E-state index contributed by atoms with van der Waals surface area (Å²) in [5, 5.41) is 26.2. The van der Waals surface area contributed by atoms with Gasteiger partial charge < -0.3 is 24.4 Å². The molecule has 0 spiro atoms. The van der Waals surface area contributed by atoms with Crippen molar-refractivity contribution in [3.8, 4) is 16.9 Å². The predicted octanol–water partition coefficient (Wildman–Crippen LogP) is 11.0. The number of carboxylic acids is 2. The van der Waals surface area contributed by atoms with Crippen LogP contribution in [0, 0.1) is 27.7 Å². The van der Waals surface area contributed by atoms with Crippen LogP contribution < -0.4 is 15.9 Å². The number of hydrogen-bond acceptors (Lipinski definition) is 18. The molecular weight excluding hydrogens is 1230 g/mol. The lowest BCUT2D eigenvalue weighted by molar-refractivity contribution is -0.333. The molecule has 0 saturated carbocycles. The second-order valence-electron chi connectivity index (χ2n) is 23.5. The number of piperidine rings is 1. The van der Waals surface area contributed by atoms with Gasteiger partial charge >= 0.3 is 18.3 Å². The number of halogens is 4. The molecule has 472 valence electrons.